The van der Waals surface area contributed by atoms with Gasteiger partial charge in [0.05, 0.1) is 6.61 Å². The largest absolute Gasteiger partial charge is 0.495 e. The minimum Gasteiger partial charge on any atom is -0.495 e. The number of allylic oxidation sites excluding steroid dienone is 1. The number of benzene rings is 1. The first kappa shape index (κ1) is 10.2. The Morgan fingerprint density at radius 2 is 2.07 bits per heavy atom. The summed E-state index contributed by atoms with van der Waals surface area (Å²) in [5.41, 5.74) is 2.79. The maximum atomic E-state index is 5.62. The first-order valence-electron chi connectivity index (χ1n) is 5.27. The van der Waals surface area contributed by atoms with Gasteiger partial charge in [-0.3, -0.25) is 0 Å². The van der Waals surface area contributed by atoms with Crippen LogP contribution >= 0.6 is 0 Å². The van der Waals surface area contributed by atoms with Crippen molar-refractivity contribution in [3.05, 3.63) is 47.2 Å². The van der Waals surface area contributed by atoms with Gasteiger partial charge in [-0.15, -0.1) is 0 Å². The van der Waals surface area contributed by atoms with E-state index in [0.29, 0.717) is 6.61 Å². The van der Waals surface area contributed by atoms with Crippen LogP contribution in [0, 0.1) is 0 Å². The van der Waals surface area contributed by atoms with Crippen molar-refractivity contribution in [2.45, 2.75) is 12.8 Å². The molecule has 0 N–H and O–H groups in total. The van der Waals surface area contributed by atoms with Gasteiger partial charge in [-0.25, -0.2) is 0 Å². The third kappa shape index (κ3) is 2.60. The summed E-state index contributed by atoms with van der Waals surface area (Å²) in [4.78, 5) is 0. The van der Waals surface area contributed by atoms with E-state index in [1.54, 1.807) is 7.11 Å². The molecular formula is C13H16O2. The Morgan fingerprint density at radius 1 is 1.27 bits per heavy atom. The third-order valence-electron chi connectivity index (χ3n) is 2.61. The summed E-state index contributed by atoms with van der Waals surface area (Å²) in [7, 11) is 1.69. The number of fused-ring (bicyclic) bond motifs is 1. The molecule has 0 unspecified atom stereocenters. The molecule has 2 nitrogen and oxygen atoms in total. The van der Waals surface area contributed by atoms with Gasteiger partial charge in [0, 0.05) is 13.5 Å². The molecule has 0 amide bonds. The van der Waals surface area contributed by atoms with E-state index in [1.165, 1.54) is 11.1 Å². The highest BCUT2D eigenvalue weighted by Crippen LogP contribution is 2.15. The van der Waals surface area contributed by atoms with E-state index in [9.17, 15) is 0 Å². The minimum absolute atomic E-state index is 0.572. The Morgan fingerprint density at radius 3 is 2.87 bits per heavy atom. The second-order valence-electron chi connectivity index (χ2n) is 3.67. The molecule has 15 heavy (non-hydrogen) atoms. The first-order chi connectivity index (χ1) is 7.40. The van der Waals surface area contributed by atoms with Crippen molar-refractivity contribution in [1.29, 1.82) is 0 Å². The van der Waals surface area contributed by atoms with Crippen LogP contribution in [-0.4, -0.2) is 20.3 Å². The van der Waals surface area contributed by atoms with Gasteiger partial charge >= 0.3 is 0 Å². The van der Waals surface area contributed by atoms with Crippen LogP contribution in [0.5, 0.6) is 0 Å². The second kappa shape index (κ2) is 4.99. The number of methoxy groups -OCH3 is 1. The lowest BCUT2D eigenvalue weighted by Gasteiger charge is -2.15. The summed E-state index contributed by atoms with van der Waals surface area (Å²) in [5.74, 6) is 0.951. The monoisotopic (exact) mass is 204 g/mol. The molecule has 1 aliphatic heterocycles. The van der Waals surface area contributed by atoms with Crippen LogP contribution in [0.15, 0.2) is 36.1 Å². The van der Waals surface area contributed by atoms with E-state index in [-0.39, 0.29) is 0 Å². The molecule has 0 fully saturated rings. The second-order valence-corrected chi connectivity index (χ2v) is 3.67. The Hall–Kier alpha value is -1.28. The van der Waals surface area contributed by atoms with Crippen LogP contribution in [0.3, 0.4) is 0 Å². The van der Waals surface area contributed by atoms with Gasteiger partial charge in [-0.2, -0.15) is 0 Å². The van der Waals surface area contributed by atoms with Crippen molar-refractivity contribution >= 4 is 0 Å². The van der Waals surface area contributed by atoms with Gasteiger partial charge in [0.25, 0.3) is 0 Å². The van der Waals surface area contributed by atoms with E-state index in [2.05, 4.69) is 30.3 Å². The summed E-state index contributed by atoms with van der Waals surface area (Å²) in [6.07, 6.45) is 4.04. The lowest BCUT2D eigenvalue weighted by molar-refractivity contribution is 0.131. The molecule has 0 aromatic heterocycles. The lowest BCUT2D eigenvalue weighted by atomic mass is 10.0. The zero-order chi connectivity index (χ0) is 10.5. The van der Waals surface area contributed by atoms with Gasteiger partial charge in [0.2, 0.25) is 0 Å². The summed E-state index contributed by atoms with van der Waals surface area (Å²) in [6, 6.07) is 8.53. The molecule has 0 aliphatic carbocycles. The molecule has 0 saturated heterocycles. The van der Waals surface area contributed by atoms with Crippen molar-refractivity contribution in [1.82, 2.24) is 0 Å². The van der Waals surface area contributed by atoms with E-state index >= 15 is 0 Å². The number of ether oxygens (including phenoxy) is 2. The molecular weight excluding hydrogens is 188 g/mol. The van der Waals surface area contributed by atoms with Gasteiger partial charge in [0.1, 0.15) is 12.4 Å². The standard InChI is InChI=1S/C13H16O2/c1-14-10-13-7-6-11-4-2-3-5-12(11)8-9-15-13/h2-5,7H,6,8-10H2,1H3. The van der Waals surface area contributed by atoms with Crippen molar-refractivity contribution in [2.24, 2.45) is 0 Å². The third-order valence-corrected chi connectivity index (χ3v) is 2.61. The highest BCUT2D eigenvalue weighted by molar-refractivity contribution is 5.30. The summed E-state index contributed by atoms with van der Waals surface area (Å²) in [5, 5.41) is 0. The fourth-order valence-corrected chi connectivity index (χ4v) is 1.82. The Labute approximate surface area is 90.5 Å². The van der Waals surface area contributed by atoms with Gasteiger partial charge in [-0.1, -0.05) is 24.3 Å². The van der Waals surface area contributed by atoms with Crippen LogP contribution < -0.4 is 0 Å². The van der Waals surface area contributed by atoms with Crippen molar-refractivity contribution in [3.8, 4) is 0 Å². The molecule has 0 bridgehead atoms. The summed E-state index contributed by atoms with van der Waals surface area (Å²) >= 11 is 0. The Bertz CT molecular complexity index is 355. The average Bonchev–Trinajstić information content (AvgIpc) is 2.23. The number of rotatable bonds is 2. The highest BCUT2D eigenvalue weighted by Gasteiger charge is 2.06. The van der Waals surface area contributed by atoms with Gasteiger partial charge in [0.15, 0.2) is 0 Å². The van der Waals surface area contributed by atoms with Crippen LogP contribution in [0.4, 0.5) is 0 Å². The molecule has 1 heterocycles. The van der Waals surface area contributed by atoms with Crippen LogP contribution in [0.25, 0.3) is 0 Å². The lowest BCUT2D eigenvalue weighted by Crippen LogP contribution is -2.08. The fourth-order valence-electron chi connectivity index (χ4n) is 1.82. The van der Waals surface area contributed by atoms with Gasteiger partial charge < -0.3 is 9.47 Å². The minimum atomic E-state index is 0.572. The van der Waals surface area contributed by atoms with E-state index in [4.69, 9.17) is 9.47 Å². The molecule has 0 radical (unpaired) electrons. The first-order valence-corrected chi connectivity index (χ1v) is 5.27. The zero-order valence-corrected chi connectivity index (χ0v) is 9.03. The van der Waals surface area contributed by atoms with Crippen molar-refractivity contribution in [2.75, 3.05) is 20.3 Å². The van der Waals surface area contributed by atoms with Crippen molar-refractivity contribution in [3.63, 3.8) is 0 Å². The Balaban J connectivity index is 2.17. The van der Waals surface area contributed by atoms with E-state index in [0.717, 1.165) is 25.2 Å². The molecule has 0 atom stereocenters. The number of hydrogen-bond donors (Lipinski definition) is 0. The molecule has 2 heteroatoms. The van der Waals surface area contributed by atoms with E-state index < -0.39 is 0 Å². The molecule has 1 aromatic rings. The smallest absolute Gasteiger partial charge is 0.118 e. The van der Waals surface area contributed by atoms with Crippen LogP contribution in [-0.2, 0) is 22.3 Å². The quantitative estimate of drug-likeness (QED) is 0.736. The Kier molecular flexibility index (Phi) is 3.41. The molecule has 1 aromatic carbocycles. The number of hydrogen-bond acceptors (Lipinski definition) is 2. The predicted molar refractivity (Wildman–Crippen MR) is 59.8 cm³/mol. The molecule has 2 rings (SSSR count). The summed E-state index contributed by atoms with van der Waals surface area (Å²) in [6.45, 7) is 1.31. The molecule has 80 valence electrons. The van der Waals surface area contributed by atoms with Crippen molar-refractivity contribution < 1.29 is 9.47 Å². The SMILES string of the molecule is COCC1=CCc2ccccc2CCO1. The van der Waals surface area contributed by atoms with Crippen LogP contribution in [0.2, 0.25) is 0 Å². The maximum Gasteiger partial charge on any atom is 0.118 e. The average molecular weight is 204 g/mol. The van der Waals surface area contributed by atoms with Gasteiger partial charge in [-0.05, 0) is 23.6 Å². The zero-order valence-electron chi connectivity index (χ0n) is 9.03. The van der Waals surface area contributed by atoms with E-state index in [1.807, 2.05) is 0 Å². The predicted octanol–water partition coefficient (Wildman–Crippen LogP) is 2.33. The maximum absolute atomic E-state index is 5.62. The molecule has 1 aliphatic rings. The topological polar surface area (TPSA) is 18.5 Å². The van der Waals surface area contributed by atoms with Crippen LogP contribution in [0.1, 0.15) is 11.1 Å². The molecule has 0 saturated carbocycles. The molecule has 0 spiro atoms. The normalized spacial score (nSPS) is 15.7. The highest BCUT2D eigenvalue weighted by atomic mass is 16.5. The summed E-state index contributed by atoms with van der Waals surface area (Å²) < 4.78 is 10.7. The fraction of sp³-hybridized carbons (Fsp3) is 0.385.